The van der Waals surface area contributed by atoms with Gasteiger partial charge in [0.15, 0.2) is 0 Å². The van der Waals surface area contributed by atoms with Gasteiger partial charge in [0, 0.05) is 17.8 Å². The highest BCUT2D eigenvalue weighted by molar-refractivity contribution is 5.80. The summed E-state index contributed by atoms with van der Waals surface area (Å²) in [6.07, 6.45) is 14.1. The third-order valence-electron chi connectivity index (χ3n) is 7.58. The quantitative estimate of drug-likeness (QED) is 0.177. The lowest BCUT2D eigenvalue weighted by Crippen LogP contribution is -2.15. The van der Waals surface area contributed by atoms with Gasteiger partial charge in [-0.25, -0.2) is 0 Å². The van der Waals surface area contributed by atoms with Gasteiger partial charge in [0.2, 0.25) is 0 Å². The van der Waals surface area contributed by atoms with Gasteiger partial charge in [-0.15, -0.1) is 0 Å². The molecule has 2 atom stereocenters. The lowest BCUT2D eigenvalue weighted by Gasteiger charge is -2.29. The first-order valence-corrected chi connectivity index (χ1v) is 14.5. The van der Waals surface area contributed by atoms with E-state index < -0.39 is 6.10 Å². The second kappa shape index (κ2) is 14.8. The molecular formula is C40H41NO. The van der Waals surface area contributed by atoms with E-state index in [1.54, 1.807) is 0 Å². The van der Waals surface area contributed by atoms with Crippen molar-refractivity contribution < 1.29 is 5.11 Å². The van der Waals surface area contributed by atoms with E-state index in [2.05, 4.69) is 123 Å². The van der Waals surface area contributed by atoms with Crippen molar-refractivity contribution in [1.82, 2.24) is 0 Å². The molecule has 2 nitrogen and oxygen atoms in total. The number of allylic oxidation sites excluding steroid dienone is 5. The summed E-state index contributed by atoms with van der Waals surface area (Å²) in [6.45, 7) is 14.3. The Morgan fingerprint density at radius 3 is 2.24 bits per heavy atom. The molecule has 4 rings (SSSR count). The average molecular weight is 552 g/mol. The summed E-state index contributed by atoms with van der Waals surface area (Å²) >= 11 is 0. The van der Waals surface area contributed by atoms with Crippen LogP contribution < -0.4 is 4.90 Å². The number of aryl methyl sites for hydroxylation is 1. The molecule has 0 aliphatic carbocycles. The van der Waals surface area contributed by atoms with E-state index in [9.17, 15) is 5.11 Å². The first-order valence-electron chi connectivity index (χ1n) is 14.5. The van der Waals surface area contributed by atoms with Crippen molar-refractivity contribution in [3.8, 4) is 11.1 Å². The number of hydrogen-bond acceptors (Lipinski definition) is 2. The molecule has 1 N–H and O–H groups in total. The van der Waals surface area contributed by atoms with E-state index in [1.807, 2.05) is 55.5 Å². The van der Waals surface area contributed by atoms with Gasteiger partial charge < -0.3 is 10.0 Å². The molecule has 212 valence electrons. The lowest BCUT2D eigenvalue weighted by atomic mass is 9.90. The highest BCUT2D eigenvalue weighted by Gasteiger charge is 2.20. The van der Waals surface area contributed by atoms with Crippen LogP contribution in [0.2, 0.25) is 0 Å². The zero-order chi connectivity index (χ0) is 29.9. The van der Waals surface area contributed by atoms with Gasteiger partial charge in [-0.3, -0.25) is 0 Å². The summed E-state index contributed by atoms with van der Waals surface area (Å²) in [6, 6.07) is 33.4. The number of para-hydroxylation sites is 2. The van der Waals surface area contributed by atoms with Crippen LogP contribution in [0.5, 0.6) is 0 Å². The summed E-state index contributed by atoms with van der Waals surface area (Å²) in [7, 11) is 0. The normalized spacial score (nSPS) is 13.3. The van der Waals surface area contributed by atoms with Gasteiger partial charge in [-0.1, -0.05) is 148 Å². The van der Waals surface area contributed by atoms with Crippen molar-refractivity contribution in [2.45, 2.75) is 39.2 Å². The van der Waals surface area contributed by atoms with E-state index in [1.165, 1.54) is 16.7 Å². The Hall–Kier alpha value is -4.66. The van der Waals surface area contributed by atoms with Gasteiger partial charge in [-0.05, 0) is 65.3 Å². The molecular weight excluding hydrogens is 510 g/mol. The largest absolute Gasteiger partial charge is 0.388 e. The molecule has 0 aliphatic rings. The van der Waals surface area contributed by atoms with Gasteiger partial charge in [-0.2, -0.15) is 0 Å². The van der Waals surface area contributed by atoms with Crippen molar-refractivity contribution in [3.63, 3.8) is 0 Å². The Bertz CT molecular complexity index is 1570. The van der Waals surface area contributed by atoms with Crippen LogP contribution in [0.15, 0.2) is 152 Å². The molecule has 0 spiro atoms. The van der Waals surface area contributed by atoms with Crippen LogP contribution >= 0.6 is 0 Å². The molecule has 0 aliphatic heterocycles. The molecule has 2 unspecified atom stereocenters. The number of benzene rings is 4. The fourth-order valence-corrected chi connectivity index (χ4v) is 5.34. The molecule has 2 heteroatoms. The Kier molecular flexibility index (Phi) is 10.7. The SMILES string of the molecule is C=C/C=C(\C=C)C(C)c1ccccc1N(/C=C/C)c1c(C)cccc1/C=C/CC(O)c1ccc(-c2ccccc2)cc1. The molecule has 0 fully saturated rings. The van der Waals surface area contributed by atoms with Crippen LogP contribution in [-0.4, -0.2) is 5.11 Å². The zero-order valence-electron chi connectivity index (χ0n) is 24.9. The minimum atomic E-state index is -0.582. The van der Waals surface area contributed by atoms with Crippen molar-refractivity contribution in [2.24, 2.45) is 0 Å². The molecule has 0 bridgehead atoms. The Labute approximate surface area is 252 Å². The molecule has 0 aromatic heterocycles. The molecule has 0 saturated carbocycles. The molecule has 0 saturated heterocycles. The van der Waals surface area contributed by atoms with E-state index in [4.69, 9.17) is 0 Å². The van der Waals surface area contributed by atoms with Gasteiger partial charge >= 0.3 is 0 Å². The number of nitrogens with zero attached hydrogens (tertiary/aromatic N) is 1. The van der Waals surface area contributed by atoms with E-state index in [-0.39, 0.29) is 5.92 Å². The third kappa shape index (κ3) is 7.15. The highest BCUT2D eigenvalue weighted by Crippen LogP contribution is 2.39. The van der Waals surface area contributed by atoms with Crippen molar-refractivity contribution in [2.75, 3.05) is 4.90 Å². The van der Waals surface area contributed by atoms with Crippen LogP contribution in [0.3, 0.4) is 0 Å². The maximum Gasteiger partial charge on any atom is 0.0824 e. The topological polar surface area (TPSA) is 23.5 Å². The summed E-state index contributed by atoms with van der Waals surface area (Å²) in [4.78, 5) is 2.27. The molecule has 4 aromatic rings. The summed E-state index contributed by atoms with van der Waals surface area (Å²) < 4.78 is 0. The number of aliphatic hydroxyl groups is 1. The Morgan fingerprint density at radius 1 is 0.857 bits per heavy atom. The van der Waals surface area contributed by atoms with Crippen molar-refractivity contribution >= 4 is 17.5 Å². The van der Waals surface area contributed by atoms with Crippen LogP contribution in [0, 0.1) is 6.92 Å². The fraction of sp³-hybridized carbons (Fsp3) is 0.150. The molecule has 4 aromatic carbocycles. The number of hydrogen-bond donors (Lipinski definition) is 1. The standard InChI is InChI=1S/C40H41NO/c1-6-16-32(8-3)31(5)37-22-12-13-23-38(37)41(29-7-2)40-30(4)17-14-20-36(40)21-15-24-39(42)35-27-25-34(26-28-35)33-18-10-9-11-19-33/h6-23,25-29,31,39,42H,1,3,24H2,2,4-5H3/b21-15+,29-7+,32-16+. The predicted octanol–water partition coefficient (Wildman–Crippen LogP) is 10.9. The maximum atomic E-state index is 11.0. The Morgan fingerprint density at radius 2 is 1.55 bits per heavy atom. The van der Waals surface area contributed by atoms with Gasteiger partial charge in [0.05, 0.1) is 11.8 Å². The van der Waals surface area contributed by atoms with Crippen molar-refractivity contribution in [3.05, 3.63) is 175 Å². The number of aliphatic hydroxyl groups excluding tert-OH is 1. The van der Waals surface area contributed by atoms with Crippen LogP contribution in [-0.2, 0) is 0 Å². The van der Waals surface area contributed by atoms with Gasteiger partial charge in [0.1, 0.15) is 0 Å². The smallest absolute Gasteiger partial charge is 0.0824 e. The van der Waals surface area contributed by atoms with E-state index >= 15 is 0 Å². The van der Waals surface area contributed by atoms with Gasteiger partial charge in [0.25, 0.3) is 0 Å². The monoisotopic (exact) mass is 551 g/mol. The molecule has 0 amide bonds. The second-order valence-electron chi connectivity index (χ2n) is 10.4. The average Bonchev–Trinajstić information content (AvgIpc) is 3.03. The fourth-order valence-electron chi connectivity index (χ4n) is 5.34. The minimum Gasteiger partial charge on any atom is -0.388 e. The summed E-state index contributed by atoms with van der Waals surface area (Å²) in [5, 5.41) is 11.0. The minimum absolute atomic E-state index is 0.135. The van der Waals surface area contributed by atoms with Crippen LogP contribution in [0.1, 0.15) is 54.5 Å². The van der Waals surface area contributed by atoms with Crippen molar-refractivity contribution in [1.29, 1.82) is 0 Å². The van der Waals surface area contributed by atoms with E-state index in [0.717, 1.165) is 33.6 Å². The number of rotatable bonds is 12. The van der Waals surface area contributed by atoms with E-state index in [0.29, 0.717) is 6.42 Å². The summed E-state index contributed by atoms with van der Waals surface area (Å²) in [5.41, 5.74) is 10.0. The summed E-state index contributed by atoms with van der Waals surface area (Å²) in [5.74, 6) is 0.135. The maximum absolute atomic E-state index is 11.0. The molecule has 0 radical (unpaired) electrons. The molecule has 42 heavy (non-hydrogen) atoms. The first kappa shape index (κ1) is 30.3. The third-order valence-corrected chi connectivity index (χ3v) is 7.58. The Balaban J connectivity index is 1.62. The highest BCUT2D eigenvalue weighted by atomic mass is 16.3. The zero-order valence-corrected chi connectivity index (χ0v) is 24.9. The predicted molar refractivity (Wildman–Crippen MR) is 182 cm³/mol. The van der Waals surface area contributed by atoms with Crippen LogP contribution in [0.25, 0.3) is 17.2 Å². The number of anilines is 2. The lowest BCUT2D eigenvalue weighted by molar-refractivity contribution is 0.182. The second-order valence-corrected chi connectivity index (χ2v) is 10.4. The van der Waals surface area contributed by atoms with Crippen LogP contribution in [0.4, 0.5) is 11.4 Å². The molecule has 0 heterocycles. The first-order chi connectivity index (χ1) is 20.5.